The molecule has 42 heavy (non-hydrogen) atoms. The number of nitrogens with zero attached hydrogens (tertiary/aromatic N) is 3. The average molecular weight is 593 g/mol. The first kappa shape index (κ1) is 29.7. The molecular weight excluding hydrogens is 556 g/mol. The van der Waals surface area contributed by atoms with Crippen LogP contribution < -0.4 is 4.72 Å². The van der Waals surface area contributed by atoms with Crippen LogP contribution in [0.5, 0.6) is 0 Å². The highest BCUT2D eigenvalue weighted by Crippen LogP contribution is 2.48. The number of carboxylic acids is 2. The molecule has 11 heteroatoms. The average Bonchev–Trinajstić information content (AvgIpc) is 3.32. The van der Waals surface area contributed by atoms with E-state index in [4.69, 9.17) is 10.2 Å². The summed E-state index contributed by atoms with van der Waals surface area (Å²) in [4.78, 5) is 25.9. The standard InChI is InChI=1S/C27H32N4O2S.C4H4O4/c1-30-17-27(28-18-30)34(32,33)29-14-20-7-8-21-9-10-26(31-15-22-13-23(22)16-31)25(24(21)12-20)11-19-5-3-2-4-6-19;5-3(6)1-2-4(7)8/h2-8,12,17-18,22-23,25-26,29H,9-11,13-16H2,1H3;1-2H,(H,5,6)(H,7,8)/b;2-1+/t22-,23+,25?,26?;. The third-order valence-electron chi connectivity index (χ3n) is 8.35. The molecule has 2 heterocycles. The Labute approximate surface area is 245 Å². The van der Waals surface area contributed by atoms with Gasteiger partial charge >= 0.3 is 11.9 Å². The minimum absolute atomic E-state index is 0.0579. The number of imidazole rings is 1. The Bertz CT molecular complexity index is 1540. The molecule has 3 aliphatic rings. The number of benzene rings is 2. The van der Waals surface area contributed by atoms with E-state index in [1.165, 1.54) is 55.1 Å². The quantitative estimate of drug-likeness (QED) is 0.322. The van der Waals surface area contributed by atoms with Gasteiger partial charge in [-0.2, -0.15) is 0 Å². The van der Waals surface area contributed by atoms with Crippen LogP contribution in [-0.2, 0) is 46.0 Å². The van der Waals surface area contributed by atoms with Crippen LogP contribution >= 0.6 is 0 Å². The van der Waals surface area contributed by atoms with Crippen molar-refractivity contribution in [3.05, 3.63) is 95.5 Å². The molecule has 6 rings (SSSR count). The Balaban J connectivity index is 0.000000390. The zero-order valence-electron chi connectivity index (χ0n) is 23.5. The zero-order valence-corrected chi connectivity index (χ0v) is 24.3. The number of fused-ring (bicyclic) bond motifs is 2. The monoisotopic (exact) mass is 592 g/mol. The van der Waals surface area contributed by atoms with Gasteiger partial charge in [-0.1, -0.05) is 48.5 Å². The molecule has 222 valence electrons. The minimum atomic E-state index is -3.64. The number of nitrogens with one attached hydrogen (secondary N) is 1. The first-order valence-electron chi connectivity index (χ1n) is 14.1. The summed E-state index contributed by atoms with van der Waals surface area (Å²) in [6.45, 7) is 2.77. The number of rotatable bonds is 9. The summed E-state index contributed by atoms with van der Waals surface area (Å²) in [6, 6.07) is 17.9. The van der Waals surface area contributed by atoms with Crippen LogP contribution in [0.2, 0.25) is 0 Å². The van der Waals surface area contributed by atoms with Crippen molar-refractivity contribution in [3.8, 4) is 0 Å². The first-order valence-corrected chi connectivity index (χ1v) is 15.6. The molecule has 1 saturated carbocycles. The Morgan fingerprint density at radius 1 is 1.02 bits per heavy atom. The Morgan fingerprint density at radius 3 is 2.33 bits per heavy atom. The second-order valence-electron chi connectivity index (χ2n) is 11.4. The summed E-state index contributed by atoms with van der Waals surface area (Å²) in [7, 11) is -1.87. The molecule has 0 amide bonds. The molecule has 0 spiro atoms. The van der Waals surface area contributed by atoms with Gasteiger partial charge in [0.15, 0.2) is 5.03 Å². The van der Waals surface area contributed by atoms with Crippen molar-refractivity contribution in [3.63, 3.8) is 0 Å². The molecule has 2 unspecified atom stereocenters. The molecule has 2 aromatic carbocycles. The Kier molecular flexibility index (Phi) is 8.91. The van der Waals surface area contributed by atoms with E-state index in [1.54, 1.807) is 11.6 Å². The van der Waals surface area contributed by atoms with Gasteiger partial charge < -0.3 is 14.8 Å². The van der Waals surface area contributed by atoms with Crippen molar-refractivity contribution >= 4 is 22.0 Å². The topological polar surface area (TPSA) is 142 Å². The summed E-state index contributed by atoms with van der Waals surface area (Å²) in [6.07, 6.45) is 8.88. The van der Waals surface area contributed by atoms with Crippen molar-refractivity contribution in [2.24, 2.45) is 18.9 Å². The summed E-state index contributed by atoms with van der Waals surface area (Å²) < 4.78 is 29.7. The molecule has 0 bridgehead atoms. The second kappa shape index (κ2) is 12.6. The van der Waals surface area contributed by atoms with E-state index >= 15 is 0 Å². The summed E-state index contributed by atoms with van der Waals surface area (Å²) in [5.41, 5.74) is 5.19. The fourth-order valence-electron chi connectivity index (χ4n) is 6.22. The van der Waals surface area contributed by atoms with Crippen LogP contribution in [0.4, 0.5) is 0 Å². The maximum Gasteiger partial charge on any atom is 0.328 e. The van der Waals surface area contributed by atoms with Crippen LogP contribution in [0.15, 0.2) is 78.2 Å². The summed E-state index contributed by atoms with van der Waals surface area (Å²) in [5, 5.41) is 15.7. The maximum absolute atomic E-state index is 12.7. The lowest BCUT2D eigenvalue weighted by Crippen LogP contribution is -2.42. The molecule has 1 aliphatic heterocycles. The molecule has 2 fully saturated rings. The first-order chi connectivity index (χ1) is 20.1. The summed E-state index contributed by atoms with van der Waals surface area (Å²) in [5.74, 6) is -0.243. The normalized spacial score (nSPS) is 23.1. The molecule has 2 aliphatic carbocycles. The number of hydrogen-bond acceptors (Lipinski definition) is 6. The molecule has 1 aromatic heterocycles. The van der Waals surface area contributed by atoms with Crippen molar-refractivity contribution in [2.45, 2.75) is 49.2 Å². The number of aromatic nitrogens is 2. The third-order valence-corrected chi connectivity index (χ3v) is 9.64. The minimum Gasteiger partial charge on any atom is -0.478 e. The molecule has 4 atom stereocenters. The number of sulfonamides is 1. The number of hydrogen-bond donors (Lipinski definition) is 3. The molecule has 10 nitrogen and oxygen atoms in total. The number of aliphatic carboxylic acids is 2. The molecule has 3 N–H and O–H groups in total. The van der Waals surface area contributed by atoms with Crippen LogP contribution in [0.3, 0.4) is 0 Å². The lowest BCUT2D eigenvalue weighted by atomic mass is 9.75. The van der Waals surface area contributed by atoms with Gasteiger partial charge in [0.25, 0.3) is 10.0 Å². The molecule has 1 saturated heterocycles. The van der Waals surface area contributed by atoms with Gasteiger partial charge in [0.05, 0.1) is 6.33 Å². The highest BCUT2D eigenvalue weighted by molar-refractivity contribution is 7.89. The lowest BCUT2D eigenvalue weighted by molar-refractivity contribution is -0.134. The molecule has 3 aromatic rings. The van der Waals surface area contributed by atoms with Crippen LogP contribution in [0.1, 0.15) is 41.0 Å². The number of piperidine rings is 1. The van der Waals surface area contributed by atoms with Gasteiger partial charge in [-0.25, -0.2) is 27.7 Å². The smallest absolute Gasteiger partial charge is 0.328 e. The lowest BCUT2D eigenvalue weighted by Gasteiger charge is -2.40. The second-order valence-corrected chi connectivity index (χ2v) is 13.1. The largest absolute Gasteiger partial charge is 0.478 e. The van der Waals surface area contributed by atoms with Gasteiger partial charge in [0.2, 0.25) is 0 Å². The van der Waals surface area contributed by atoms with E-state index in [9.17, 15) is 18.0 Å². The van der Waals surface area contributed by atoms with E-state index in [1.807, 2.05) is 0 Å². The number of likely N-dealkylation sites (tertiary alicyclic amines) is 1. The van der Waals surface area contributed by atoms with Gasteiger partial charge in [-0.3, -0.25) is 4.90 Å². The number of carboxylic acid groups (broad SMARTS) is 2. The zero-order chi connectivity index (χ0) is 29.9. The van der Waals surface area contributed by atoms with E-state index in [-0.39, 0.29) is 11.6 Å². The molecule has 0 radical (unpaired) electrons. The predicted molar refractivity (Wildman–Crippen MR) is 156 cm³/mol. The SMILES string of the molecule is Cn1cnc(S(=O)(=O)NCc2ccc3c(c2)C(Cc2ccccc2)C(N2C[C@H]4C[C@H]4C2)CC3)c1.O=C(O)/C=C/C(=O)O. The maximum atomic E-state index is 12.7. The van der Waals surface area contributed by atoms with Gasteiger partial charge in [-0.05, 0) is 59.8 Å². The van der Waals surface area contributed by atoms with E-state index in [0.29, 0.717) is 24.1 Å². The van der Waals surface area contributed by atoms with Crippen LogP contribution in [0.25, 0.3) is 0 Å². The Morgan fingerprint density at radius 2 is 1.71 bits per heavy atom. The van der Waals surface area contributed by atoms with E-state index < -0.39 is 22.0 Å². The van der Waals surface area contributed by atoms with Crippen LogP contribution in [0, 0.1) is 11.8 Å². The highest BCUT2D eigenvalue weighted by atomic mass is 32.2. The van der Waals surface area contributed by atoms with Gasteiger partial charge in [0, 0.05) is 57.0 Å². The fraction of sp³-hybridized carbons (Fsp3) is 0.387. The van der Waals surface area contributed by atoms with Crippen molar-refractivity contribution in [2.75, 3.05) is 13.1 Å². The molecular formula is C31H36N4O6S. The number of carbonyl (C=O) groups is 2. The Hall–Kier alpha value is -3.80. The van der Waals surface area contributed by atoms with Gasteiger partial charge in [0.1, 0.15) is 0 Å². The van der Waals surface area contributed by atoms with Crippen molar-refractivity contribution < 1.29 is 28.2 Å². The predicted octanol–water partition coefficient (Wildman–Crippen LogP) is 3.20. The third kappa shape index (κ3) is 7.33. The van der Waals surface area contributed by atoms with E-state index in [2.05, 4.69) is 63.1 Å². The van der Waals surface area contributed by atoms with Crippen LogP contribution in [-0.4, -0.2) is 64.2 Å². The number of aryl methyl sites for hydroxylation is 2. The highest BCUT2D eigenvalue weighted by Gasteiger charge is 2.48. The van der Waals surface area contributed by atoms with Crippen molar-refractivity contribution in [1.29, 1.82) is 0 Å². The van der Waals surface area contributed by atoms with Gasteiger partial charge in [-0.15, -0.1) is 0 Å². The fourth-order valence-corrected chi connectivity index (χ4v) is 7.21. The van der Waals surface area contributed by atoms with E-state index in [0.717, 1.165) is 30.2 Å². The summed E-state index contributed by atoms with van der Waals surface area (Å²) >= 11 is 0. The van der Waals surface area contributed by atoms with Crippen molar-refractivity contribution in [1.82, 2.24) is 19.2 Å².